The zero-order valence-electron chi connectivity index (χ0n) is 15.2. The Morgan fingerprint density at radius 3 is 2.81 bits per heavy atom. The first-order valence-corrected chi connectivity index (χ1v) is 9.31. The number of hydrogen-bond donors (Lipinski definition) is 1. The molecular formula is C19H26F2N2O4. The molecule has 6 nitrogen and oxygen atoms in total. The molecule has 2 heterocycles. The number of alkyl halides is 2. The molecule has 2 saturated heterocycles. The molecule has 0 radical (unpaired) electrons. The maximum atomic E-state index is 12.8. The van der Waals surface area contributed by atoms with Crippen LogP contribution in [0.25, 0.3) is 0 Å². The summed E-state index contributed by atoms with van der Waals surface area (Å²) in [6.45, 7) is 2.68. The lowest BCUT2D eigenvalue weighted by molar-refractivity contribution is -0.0925. The normalized spacial score (nSPS) is 21.4. The number of benzene rings is 1. The van der Waals surface area contributed by atoms with Crippen molar-refractivity contribution in [3.05, 3.63) is 35.4 Å². The van der Waals surface area contributed by atoms with Crippen LogP contribution in [0, 0.1) is 0 Å². The molecule has 150 valence electrons. The van der Waals surface area contributed by atoms with E-state index in [9.17, 15) is 13.6 Å². The summed E-state index contributed by atoms with van der Waals surface area (Å²) in [6.07, 6.45) is -1.75. The predicted molar refractivity (Wildman–Crippen MR) is 94.6 cm³/mol. The molecule has 1 N–H and O–H groups in total. The van der Waals surface area contributed by atoms with Gasteiger partial charge < -0.3 is 24.4 Å². The Balaban J connectivity index is 1.45. The summed E-state index contributed by atoms with van der Waals surface area (Å²) in [5, 5.41) is 2.79. The molecule has 2 aliphatic heterocycles. The van der Waals surface area contributed by atoms with Crippen molar-refractivity contribution in [2.24, 2.45) is 0 Å². The third-order valence-corrected chi connectivity index (χ3v) is 4.75. The van der Waals surface area contributed by atoms with Gasteiger partial charge in [0.15, 0.2) is 0 Å². The minimum absolute atomic E-state index is 0.0948. The lowest BCUT2D eigenvalue weighted by Gasteiger charge is -2.32. The average molecular weight is 384 g/mol. The third kappa shape index (κ3) is 6.12. The number of halogens is 2. The maximum absolute atomic E-state index is 12.8. The second-order valence-electron chi connectivity index (χ2n) is 6.79. The summed E-state index contributed by atoms with van der Waals surface area (Å²) in [4.78, 5) is 13.6. The molecule has 3 rings (SSSR count). The van der Waals surface area contributed by atoms with E-state index in [0.29, 0.717) is 19.7 Å². The molecule has 1 aromatic rings. The van der Waals surface area contributed by atoms with Gasteiger partial charge in [0, 0.05) is 26.3 Å². The van der Waals surface area contributed by atoms with Crippen LogP contribution in [0.2, 0.25) is 0 Å². The number of urea groups is 1. The standard InChI is InChI=1S/C19H26F2N2O4/c20-18(21)17-12-23(6-9-26-17)19(24)22-11-14-2-1-3-15(10-14)13-27-16-4-7-25-8-5-16/h1-3,10,16-18H,4-9,11-13H2,(H,22,24). The molecule has 0 aliphatic carbocycles. The molecule has 2 aliphatic rings. The second kappa shape index (κ2) is 9.96. The highest BCUT2D eigenvalue weighted by Crippen LogP contribution is 2.15. The van der Waals surface area contributed by atoms with Crippen LogP contribution in [0.4, 0.5) is 13.6 Å². The molecule has 1 atom stereocenters. The van der Waals surface area contributed by atoms with Crippen LogP contribution in [-0.4, -0.2) is 62.5 Å². The molecule has 0 spiro atoms. The van der Waals surface area contributed by atoms with E-state index in [-0.39, 0.29) is 25.3 Å². The number of rotatable bonds is 6. The van der Waals surface area contributed by atoms with Gasteiger partial charge in [-0.05, 0) is 24.0 Å². The number of carbonyl (C=O) groups is 1. The van der Waals surface area contributed by atoms with Crippen LogP contribution in [0.5, 0.6) is 0 Å². The molecule has 1 aromatic carbocycles. The van der Waals surface area contributed by atoms with E-state index in [0.717, 1.165) is 37.2 Å². The Labute approximate surface area is 157 Å². The number of nitrogens with zero attached hydrogens (tertiary/aromatic N) is 1. The van der Waals surface area contributed by atoms with E-state index < -0.39 is 12.5 Å². The van der Waals surface area contributed by atoms with Gasteiger partial charge in [-0.3, -0.25) is 0 Å². The molecule has 1 unspecified atom stereocenters. The van der Waals surface area contributed by atoms with Gasteiger partial charge in [-0.25, -0.2) is 13.6 Å². The van der Waals surface area contributed by atoms with Crippen molar-refractivity contribution >= 4 is 6.03 Å². The highest BCUT2D eigenvalue weighted by Gasteiger charge is 2.30. The van der Waals surface area contributed by atoms with Crippen molar-refractivity contribution in [2.75, 3.05) is 32.9 Å². The fraction of sp³-hybridized carbons (Fsp3) is 0.632. The van der Waals surface area contributed by atoms with E-state index >= 15 is 0 Å². The number of carbonyl (C=O) groups excluding carboxylic acids is 1. The Kier molecular flexibility index (Phi) is 7.37. The fourth-order valence-electron chi connectivity index (χ4n) is 3.19. The molecule has 0 saturated carbocycles. The Morgan fingerprint density at radius 2 is 2.04 bits per heavy atom. The highest BCUT2D eigenvalue weighted by molar-refractivity contribution is 5.74. The summed E-state index contributed by atoms with van der Waals surface area (Å²) in [5.74, 6) is 0. The zero-order valence-corrected chi connectivity index (χ0v) is 15.2. The molecule has 0 aromatic heterocycles. The van der Waals surface area contributed by atoms with Crippen molar-refractivity contribution < 1.29 is 27.8 Å². The number of ether oxygens (including phenoxy) is 3. The third-order valence-electron chi connectivity index (χ3n) is 4.75. The maximum Gasteiger partial charge on any atom is 0.317 e. The van der Waals surface area contributed by atoms with E-state index in [2.05, 4.69) is 5.32 Å². The smallest absolute Gasteiger partial charge is 0.317 e. The molecule has 2 amide bonds. The van der Waals surface area contributed by atoms with Crippen molar-refractivity contribution in [3.63, 3.8) is 0 Å². The van der Waals surface area contributed by atoms with Crippen LogP contribution in [-0.2, 0) is 27.4 Å². The van der Waals surface area contributed by atoms with E-state index in [1.807, 2.05) is 24.3 Å². The fourth-order valence-corrected chi connectivity index (χ4v) is 3.19. The Bertz CT molecular complexity index is 611. The van der Waals surface area contributed by atoms with Gasteiger partial charge in [0.25, 0.3) is 6.43 Å². The summed E-state index contributed by atoms with van der Waals surface area (Å²) < 4.78 is 41.7. The predicted octanol–water partition coefficient (Wildman–Crippen LogP) is 2.56. The Hall–Kier alpha value is -1.77. The van der Waals surface area contributed by atoms with Crippen molar-refractivity contribution in [3.8, 4) is 0 Å². The lowest BCUT2D eigenvalue weighted by atomic mass is 10.1. The minimum atomic E-state index is -2.59. The molecule has 0 bridgehead atoms. The monoisotopic (exact) mass is 384 g/mol. The average Bonchev–Trinajstić information content (AvgIpc) is 2.71. The van der Waals surface area contributed by atoms with Crippen molar-refractivity contribution in [2.45, 2.75) is 44.6 Å². The first-order chi connectivity index (χ1) is 13.1. The number of amides is 2. The number of morpholine rings is 1. The van der Waals surface area contributed by atoms with Gasteiger partial charge in [-0.2, -0.15) is 0 Å². The summed E-state index contributed by atoms with van der Waals surface area (Å²) in [7, 11) is 0. The van der Waals surface area contributed by atoms with Crippen LogP contribution in [0.1, 0.15) is 24.0 Å². The highest BCUT2D eigenvalue weighted by atomic mass is 19.3. The molecular weight excluding hydrogens is 358 g/mol. The molecule has 8 heteroatoms. The first kappa shape index (κ1) is 20.0. The van der Waals surface area contributed by atoms with Crippen molar-refractivity contribution in [1.82, 2.24) is 10.2 Å². The molecule has 2 fully saturated rings. The quantitative estimate of drug-likeness (QED) is 0.819. The van der Waals surface area contributed by atoms with E-state index in [1.165, 1.54) is 4.90 Å². The van der Waals surface area contributed by atoms with Crippen LogP contribution in [0.3, 0.4) is 0 Å². The van der Waals surface area contributed by atoms with Gasteiger partial charge in [-0.1, -0.05) is 24.3 Å². The number of hydrogen-bond acceptors (Lipinski definition) is 4. The van der Waals surface area contributed by atoms with Gasteiger partial charge in [0.05, 0.1) is 25.9 Å². The van der Waals surface area contributed by atoms with Gasteiger partial charge in [0.1, 0.15) is 6.10 Å². The van der Waals surface area contributed by atoms with E-state index in [1.54, 1.807) is 0 Å². The zero-order chi connectivity index (χ0) is 19.1. The summed E-state index contributed by atoms with van der Waals surface area (Å²) in [6, 6.07) is 7.46. The van der Waals surface area contributed by atoms with Gasteiger partial charge >= 0.3 is 6.03 Å². The topological polar surface area (TPSA) is 60.0 Å². The Morgan fingerprint density at radius 1 is 1.26 bits per heavy atom. The minimum Gasteiger partial charge on any atom is -0.381 e. The largest absolute Gasteiger partial charge is 0.381 e. The van der Waals surface area contributed by atoms with Crippen LogP contribution in [0.15, 0.2) is 24.3 Å². The molecule has 27 heavy (non-hydrogen) atoms. The van der Waals surface area contributed by atoms with Crippen LogP contribution < -0.4 is 5.32 Å². The lowest BCUT2D eigenvalue weighted by Crippen LogP contribution is -2.51. The van der Waals surface area contributed by atoms with Crippen LogP contribution >= 0.6 is 0 Å². The summed E-state index contributed by atoms with van der Waals surface area (Å²) >= 11 is 0. The number of nitrogens with one attached hydrogen (secondary N) is 1. The summed E-state index contributed by atoms with van der Waals surface area (Å²) in [5.41, 5.74) is 1.98. The van der Waals surface area contributed by atoms with E-state index in [4.69, 9.17) is 14.2 Å². The SMILES string of the molecule is O=C(NCc1cccc(COC2CCOCC2)c1)N1CCOC(C(F)F)C1. The van der Waals surface area contributed by atoms with Gasteiger partial charge in [0.2, 0.25) is 0 Å². The first-order valence-electron chi connectivity index (χ1n) is 9.31. The van der Waals surface area contributed by atoms with Gasteiger partial charge in [-0.15, -0.1) is 0 Å². The van der Waals surface area contributed by atoms with Crippen molar-refractivity contribution in [1.29, 1.82) is 0 Å². The second-order valence-corrected chi connectivity index (χ2v) is 6.79.